The van der Waals surface area contributed by atoms with Crippen LogP contribution in [-0.2, 0) is 19.2 Å². The molecule has 0 aromatic heterocycles. The van der Waals surface area contributed by atoms with E-state index in [0.717, 1.165) is 5.57 Å². The molecule has 5 N–H and O–H groups in total. The molecule has 0 spiro atoms. The van der Waals surface area contributed by atoms with Crippen molar-refractivity contribution in [3.63, 3.8) is 0 Å². The van der Waals surface area contributed by atoms with E-state index < -0.39 is 57.7 Å². The van der Waals surface area contributed by atoms with Crippen molar-refractivity contribution < 1.29 is 44.0 Å². The summed E-state index contributed by atoms with van der Waals surface area (Å²) in [5.74, 6) is -2.46. The van der Waals surface area contributed by atoms with Gasteiger partial charge in [-0.15, -0.1) is 11.8 Å². The summed E-state index contributed by atoms with van der Waals surface area (Å²) in [5, 5.41) is 45.6. The van der Waals surface area contributed by atoms with Crippen molar-refractivity contribution >= 4 is 41.0 Å². The number of nitrogens with zero attached hydrogens (tertiary/aromatic N) is 2. The van der Waals surface area contributed by atoms with Gasteiger partial charge in [0.25, 0.3) is 0 Å². The van der Waals surface area contributed by atoms with Gasteiger partial charge >= 0.3 is 0 Å². The molecule has 0 radical (unpaired) electrons. The molecular weight excluding hydrogens is 629 g/mol. The lowest BCUT2D eigenvalue weighted by Gasteiger charge is -2.62. The van der Waals surface area contributed by atoms with Gasteiger partial charge in [0, 0.05) is 41.9 Å². The summed E-state index contributed by atoms with van der Waals surface area (Å²) in [6.07, 6.45) is 7.03. The third-order valence-corrected chi connectivity index (χ3v) is 13.2. The molecule has 4 aliphatic carbocycles. The maximum absolute atomic E-state index is 17.5. The first kappa shape index (κ1) is 35.8. The van der Waals surface area contributed by atoms with Crippen LogP contribution in [0.2, 0.25) is 0 Å². The number of hydrazone groups is 1. The number of thioether (sulfide) groups is 1. The molecule has 5 rings (SSSR count). The molecule has 47 heavy (non-hydrogen) atoms. The number of fused-ring (bicyclic) bond motifs is 5. The van der Waals surface area contributed by atoms with E-state index in [4.69, 9.17) is 5.11 Å². The first-order chi connectivity index (χ1) is 22.2. The molecular formula is C34H48FN3O8S. The predicted molar refractivity (Wildman–Crippen MR) is 174 cm³/mol. The van der Waals surface area contributed by atoms with Crippen LogP contribution in [0.1, 0.15) is 78.6 Å². The van der Waals surface area contributed by atoms with Gasteiger partial charge < -0.3 is 20.4 Å². The molecule has 260 valence electrons. The van der Waals surface area contributed by atoms with E-state index in [1.807, 2.05) is 0 Å². The third kappa shape index (κ3) is 5.73. The average Bonchev–Trinajstić information content (AvgIpc) is 3.42. The van der Waals surface area contributed by atoms with Crippen molar-refractivity contribution in [2.45, 2.75) is 101 Å². The molecule has 1 saturated heterocycles. The van der Waals surface area contributed by atoms with E-state index in [1.165, 1.54) is 16.7 Å². The van der Waals surface area contributed by atoms with Crippen LogP contribution in [0.5, 0.6) is 0 Å². The second kappa shape index (κ2) is 13.5. The summed E-state index contributed by atoms with van der Waals surface area (Å²) in [6.45, 7) is 4.72. The Bertz CT molecular complexity index is 1390. The maximum Gasteiger partial charge on any atom is 0.242 e. The monoisotopic (exact) mass is 677 g/mol. The SMILES string of the molecule is C[C@@H]1C[C@H]2[C@@H]3CCC4=C/C(=N\NC(=O)CCCCCN5C(=O)CC(SCCO)C5=O)C=C[C@]4(C)[C@@]3(F)[C@@H](O)C[C@]2(C)[C@@]1(O)C(=O)CO. The lowest BCUT2D eigenvalue weighted by atomic mass is 9.44. The van der Waals surface area contributed by atoms with E-state index in [2.05, 4.69) is 10.5 Å². The lowest BCUT2D eigenvalue weighted by Crippen LogP contribution is -2.69. The minimum Gasteiger partial charge on any atom is -0.396 e. The Morgan fingerprint density at radius 3 is 2.62 bits per heavy atom. The normalized spacial score (nSPS) is 40.3. The number of amides is 3. The van der Waals surface area contributed by atoms with E-state index in [9.17, 15) is 34.5 Å². The summed E-state index contributed by atoms with van der Waals surface area (Å²) in [4.78, 5) is 51.2. The Morgan fingerprint density at radius 1 is 1.17 bits per heavy atom. The number of nitrogens with one attached hydrogen (secondary N) is 1. The molecule has 1 aliphatic heterocycles. The first-order valence-corrected chi connectivity index (χ1v) is 17.8. The van der Waals surface area contributed by atoms with Crippen LogP contribution in [0.25, 0.3) is 0 Å². The number of allylic oxidation sites excluding steroid dienone is 4. The number of unbranched alkanes of at least 4 members (excludes halogenated alkanes) is 2. The Labute approximate surface area is 279 Å². The highest BCUT2D eigenvalue weighted by Crippen LogP contribution is 2.70. The van der Waals surface area contributed by atoms with Crippen LogP contribution in [0.15, 0.2) is 28.9 Å². The fraction of sp³-hybridized carbons (Fsp3) is 0.735. The Morgan fingerprint density at radius 2 is 1.91 bits per heavy atom. The summed E-state index contributed by atoms with van der Waals surface area (Å²) < 4.78 is 17.5. The number of hydrogen-bond acceptors (Lipinski definition) is 10. The molecule has 3 amide bonds. The van der Waals surface area contributed by atoms with Gasteiger partial charge in [-0.2, -0.15) is 5.10 Å². The Kier molecular flexibility index (Phi) is 10.3. The molecule has 0 bridgehead atoms. The quantitative estimate of drug-likeness (QED) is 0.118. The van der Waals surface area contributed by atoms with Crippen molar-refractivity contribution in [2.75, 3.05) is 25.5 Å². The molecule has 4 fully saturated rings. The lowest BCUT2D eigenvalue weighted by molar-refractivity contribution is -0.219. The van der Waals surface area contributed by atoms with Crippen molar-refractivity contribution in [1.82, 2.24) is 10.3 Å². The number of hydrogen-bond donors (Lipinski definition) is 5. The summed E-state index contributed by atoms with van der Waals surface area (Å²) in [5.41, 5.74) is -2.36. The number of aliphatic hydroxyl groups is 4. The van der Waals surface area contributed by atoms with Gasteiger partial charge in [-0.3, -0.25) is 24.1 Å². The number of carbonyl (C=O) groups is 4. The van der Waals surface area contributed by atoms with E-state index >= 15 is 4.39 Å². The number of halogens is 1. The van der Waals surface area contributed by atoms with E-state index in [-0.39, 0.29) is 49.5 Å². The summed E-state index contributed by atoms with van der Waals surface area (Å²) in [7, 11) is 0. The second-order valence-corrected chi connectivity index (χ2v) is 15.7. The smallest absolute Gasteiger partial charge is 0.242 e. The minimum absolute atomic E-state index is 0.0453. The number of imide groups is 1. The van der Waals surface area contributed by atoms with Crippen molar-refractivity contribution in [2.24, 2.45) is 33.7 Å². The zero-order valence-corrected chi connectivity index (χ0v) is 28.2. The minimum atomic E-state index is -2.05. The number of ketones is 1. The van der Waals surface area contributed by atoms with Crippen molar-refractivity contribution in [1.29, 1.82) is 0 Å². The van der Waals surface area contributed by atoms with Crippen LogP contribution in [0, 0.1) is 28.6 Å². The zero-order chi connectivity index (χ0) is 34.4. The van der Waals surface area contributed by atoms with Crippen LogP contribution < -0.4 is 5.43 Å². The fourth-order valence-electron chi connectivity index (χ4n) is 9.47. The zero-order valence-electron chi connectivity index (χ0n) is 27.4. The molecule has 5 aliphatic rings. The number of carbonyl (C=O) groups excluding carboxylic acids is 4. The highest BCUT2D eigenvalue weighted by molar-refractivity contribution is 8.00. The molecule has 11 nitrogen and oxygen atoms in total. The summed E-state index contributed by atoms with van der Waals surface area (Å²) >= 11 is 1.29. The van der Waals surface area contributed by atoms with Crippen LogP contribution in [0.4, 0.5) is 4.39 Å². The molecule has 13 heteroatoms. The highest BCUT2D eigenvalue weighted by atomic mass is 32.2. The van der Waals surface area contributed by atoms with Crippen molar-refractivity contribution in [3.05, 3.63) is 23.8 Å². The Balaban J connectivity index is 1.16. The summed E-state index contributed by atoms with van der Waals surface area (Å²) in [6, 6.07) is 0. The van der Waals surface area contributed by atoms with Gasteiger partial charge in [-0.25, -0.2) is 9.82 Å². The molecule has 0 aromatic rings. The predicted octanol–water partition coefficient (Wildman–Crippen LogP) is 2.21. The number of alkyl halides is 1. The van der Waals surface area contributed by atoms with Gasteiger partial charge in [0.05, 0.1) is 23.7 Å². The fourth-order valence-corrected chi connectivity index (χ4v) is 10.4. The number of Topliss-reactive ketones (excluding diaryl/α,β-unsaturated/α-hetero) is 1. The third-order valence-electron chi connectivity index (χ3n) is 12.0. The van der Waals surface area contributed by atoms with Gasteiger partial charge in [0.15, 0.2) is 11.5 Å². The Hall–Kier alpha value is -2.45. The van der Waals surface area contributed by atoms with Gasteiger partial charge in [0.1, 0.15) is 12.2 Å². The topological polar surface area (TPSA) is 177 Å². The molecule has 0 aromatic carbocycles. The standard InChI is InChI=1S/C34H48FN3O8S/c1-20-15-24-23-9-8-21-16-22(10-11-31(21,2)33(23,35)26(41)18-32(24,3)34(20,46)27(42)19-40)36-37-28(43)7-5-4-6-12-38-29(44)17-25(30(38)45)47-14-13-39/h10-11,16,20,23-26,39-41,46H,4-9,12-15,17-19H2,1-3H3,(H,37,43)/b36-22-/t20-,23+,24+,25?,26+,31+,32+,33+,34+/m1/s1. The van der Waals surface area contributed by atoms with Crippen LogP contribution in [-0.4, -0.2) is 103 Å². The van der Waals surface area contributed by atoms with Crippen molar-refractivity contribution in [3.8, 4) is 0 Å². The molecule has 3 saturated carbocycles. The molecule has 1 heterocycles. The maximum atomic E-state index is 17.5. The van der Waals surface area contributed by atoms with Crippen LogP contribution >= 0.6 is 11.8 Å². The van der Waals surface area contributed by atoms with Gasteiger partial charge in [-0.05, 0) is 69.4 Å². The second-order valence-electron chi connectivity index (χ2n) is 14.4. The number of aliphatic hydroxyl groups excluding tert-OH is 3. The number of likely N-dealkylation sites (tertiary alicyclic amines) is 1. The van der Waals surface area contributed by atoms with Gasteiger partial charge in [-0.1, -0.05) is 31.9 Å². The van der Waals surface area contributed by atoms with E-state index in [1.54, 1.807) is 39.0 Å². The van der Waals surface area contributed by atoms with E-state index in [0.29, 0.717) is 56.5 Å². The highest BCUT2D eigenvalue weighted by Gasteiger charge is 2.75. The van der Waals surface area contributed by atoms with Crippen LogP contribution in [0.3, 0.4) is 0 Å². The van der Waals surface area contributed by atoms with Gasteiger partial charge in [0.2, 0.25) is 17.7 Å². The largest absolute Gasteiger partial charge is 0.396 e. The molecule has 1 unspecified atom stereocenters. The average molecular weight is 678 g/mol. The molecule has 9 atom stereocenters. The number of rotatable bonds is 12. The first-order valence-electron chi connectivity index (χ1n) is 16.8.